The molecule has 1 rings (SSSR count). The van der Waals surface area contributed by atoms with E-state index in [4.69, 9.17) is 4.74 Å². The molecule has 0 bridgehead atoms. The van der Waals surface area contributed by atoms with E-state index in [1.54, 1.807) is 20.0 Å². The van der Waals surface area contributed by atoms with Crippen LogP contribution in [0.25, 0.3) is 0 Å². The van der Waals surface area contributed by atoms with Crippen molar-refractivity contribution in [1.82, 2.24) is 5.32 Å². The van der Waals surface area contributed by atoms with E-state index in [-0.39, 0.29) is 18.1 Å². The molecule has 0 saturated carbocycles. The third-order valence-corrected chi connectivity index (χ3v) is 2.96. The van der Waals surface area contributed by atoms with Crippen molar-refractivity contribution in [2.45, 2.75) is 6.92 Å². The maximum Gasteiger partial charge on any atom is 0.180 e. The van der Waals surface area contributed by atoms with E-state index in [0.717, 1.165) is 0 Å². The van der Waals surface area contributed by atoms with Crippen LogP contribution < -0.4 is 10.1 Å². The fourth-order valence-electron chi connectivity index (χ4n) is 1.41. The van der Waals surface area contributed by atoms with Gasteiger partial charge in [0.2, 0.25) is 0 Å². The number of aryl methyl sites for hydroxylation is 1. The minimum atomic E-state index is -0.0804. The largest absolute Gasteiger partial charge is 0.506 e. The average molecular weight is 288 g/mol. The predicted octanol–water partition coefficient (Wildman–Crippen LogP) is 1.87. The summed E-state index contributed by atoms with van der Waals surface area (Å²) in [6.45, 7) is 1.96. The van der Waals surface area contributed by atoms with Crippen LogP contribution in [-0.4, -0.2) is 31.6 Å². The Balaban J connectivity index is 3.33. The minimum absolute atomic E-state index is 0.0804. The predicted molar refractivity (Wildman–Crippen MR) is 65.4 cm³/mol. The van der Waals surface area contributed by atoms with E-state index in [0.29, 0.717) is 21.3 Å². The molecule has 0 aliphatic rings. The summed E-state index contributed by atoms with van der Waals surface area (Å²) in [4.78, 5) is 11.8. The summed E-state index contributed by atoms with van der Waals surface area (Å²) in [7, 11) is 3.16. The maximum atomic E-state index is 11.8. The normalized spacial score (nSPS) is 10.2. The van der Waals surface area contributed by atoms with Crippen molar-refractivity contribution >= 4 is 21.7 Å². The van der Waals surface area contributed by atoms with Crippen LogP contribution in [0.4, 0.5) is 0 Å². The van der Waals surface area contributed by atoms with Crippen molar-refractivity contribution in [2.24, 2.45) is 0 Å². The van der Waals surface area contributed by atoms with Gasteiger partial charge in [-0.2, -0.15) is 0 Å². The number of rotatable bonds is 4. The first kappa shape index (κ1) is 13.0. The number of carbonyl (C=O) groups is 1. The number of methoxy groups -OCH3 is 1. The molecular formula is C11H14BrNO3. The zero-order chi connectivity index (χ0) is 12.3. The van der Waals surface area contributed by atoms with Crippen LogP contribution in [0.3, 0.4) is 0 Å². The molecule has 1 aromatic carbocycles. The molecule has 0 atom stereocenters. The van der Waals surface area contributed by atoms with Crippen LogP contribution in [-0.2, 0) is 0 Å². The van der Waals surface area contributed by atoms with Crippen molar-refractivity contribution in [3.05, 3.63) is 21.7 Å². The van der Waals surface area contributed by atoms with Gasteiger partial charge in [0.1, 0.15) is 16.0 Å². The number of halogens is 1. The number of nitrogens with one attached hydrogen (secondary N) is 1. The Morgan fingerprint density at radius 2 is 2.25 bits per heavy atom. The van der Waals surface area contributed by atoms with Crippen LogP contribution in [0.2, 0.25) is 0 Å². The van der Waals surface area contributed by atoms with Gasteiger partial charge >= 0.3 is 0 Å². The Kier molecular flexibility index (Phi) is 4.32. The molecule has 0 heterocycles. The summed E-state index contributed by atoms with van der Waals surface area (Å²) in [5.74, 6) is 0.379. The van der Waals surface area contributed by atoms with Crippen molar-refractivity contribution in [3.8, 4) is 11.5 Å². The number of phenolic OH excluding ortho intramolecular Hbond substituents is 1. The van der Waals surface area contributed by atoms with Gasteiger partial charge in [-0.1, -0.05) is 0 Å². The first-order chi connectivity index (χ1) is 7.52. The Morgan fingerprint density at radius 1 is 1.62 bits per heavy atom. The van der Waals surface area contributed by atoms with Crippen LogP contribution in [0.1, 0.15) is 15.9 Å². The maximum absolute atomic E-state index is 11.8. The lowest BCUT2D eigenvalue weighted by atomic mass is 10.1. The molecule has 0 amide bonds. The van der Waals surface area contributed by atoms with Gasteiger partial charge in [0.25, 0.3) is 0 Å². The summed E-state index contributed by atoms with van der Waals surface area (Å²) in [5.41, 5.74) is 1.09. The Morgan fingerprint density at radius 3 is 2.75 bits per heavy atom. The number of phenols is 1. The van der Waals surface area contributed by atoms with Crippen LogP contribution in [0.15, 0.2) is 10.5 Å². The zero-order valence-corrected chi connectivity index (χ0v) is 11.0. The molecule has 16 heavy (non-hydrogen) atoms. The molecule has 5 heteroatoms. The third kappa shape index (κ3) is 2.36. The first-order valence-electron chi connectivity index (χ1n) is 4.76. The fourth-order valence-corrected chi connectivity index (χ4v) is 2.10. The van der Waals surface area contributed by atoms with Gasteiger partial charge < -0.3 is 15.2 Å². The van der Waals surface area contributed by atoms with Crippen molar-refractivity contribution in [1.29, 1.82) is 0 Å². The molecule has 4 nitrogen and oxygen atoms in total. The Hall–Kier alpha value is -1.07. The van der Waals surface area contributed by atoms with Gasteiger partial charge in [-0.15, -0.1) is 0 Å². The number of benzene rings is 1. The summed E-state index contributed by atoms with van der Waals surface area (Å²) >= 11 is 3.21. The zero-order valence-electron chi connectivity index (χ0n) is 9.43. The monoisotopic (exact) mass is 287 g/mol. The molecule has 0 radical (unpaired) electrons. The SMILES string of the molecule is CNCC(=O)c1cc(C)c(O)c(Br)c1OC. The summed E-state index contributed by atoms with van der Waals surface area (Å²) in [6, 6.07) is 1.62. The second-order valence-electron chi connectivity index (χ2n) is 3.39. The minimum Gasteiger partial charge on any atom is -0.506 e. The van der Waals surface area contributed by atoms with Crippen LogP contribution >= 0.6 is 15.9 Å². The Bertz CT molecular complexity index is 418. The summed E-state index contributed by atoms with van der Waals surface area (Å²) in [5, 5.41) is 12.5. The third-order valence-electron chi connectivity index (χ3n) is 2.23. The molecule has 0 aliphatic heterocycles. The molecule has 88 valence electrons. The van der Waals surface area contributed by atoms with Gasteiger partial charge in [0.15, 0.2) is 5.78 Å². The number of hydrogen-bond donors (Lipinski definition) is 2. The Labute approximate surface area is 103 Å². The van der Waals surface area contributed by atoms with E-state index in [9.17, 15) is 9.90 Å². The van der Waals surface area contributed by atoms with Gasteiger partial charge in [-0.05, 0) is 41.5 Å². The number of hydrogen-bond acceptors (Lipinski definition) is 4. The highest BCUT2D eigenvalue weighted by Crippen LogP contribution is 2.39. The van der Waals surface area contributed by atoms with Crippen molar-refractivity contribution in [3.63, 3.8) is 0 Å². The molecule has 0 aromatic heterocycles. The highest BCUT2D eigenvalue weighted by atomic mass is 79.9. The van der Waals surface area contributed by atoms with Crippen molar-refractivity contribution < 1.29 is 14.6 Å². The highest BCUT2D eigenvalue weighted by Gasteiger charge is 2.19. The lowest BCUT2D eigenvalue weighted by Crippen LogP contribution is -2.19. The summed E-state index contributed by atoms with van der Waals surface area (Å²) in [6.07, 6.45) is 0. The number of likely N-dealkylation sites (N-methyl/N-ethyl adjacent to an activating group) is 1. The quantitative estimate of drug-likeness (QED) is 0.830. The summed E-state index contributed by atoms with van der Waals surface area (Å²) < 4.78 is 5.54. The lowest BCUT2D eigenvalue weighted by molar-refractivity contribution is 0.0990. The second-order valence-corrected chi connectivity index (χ2v) is 4.18. The van der Waals surface area contributed by atoms with Crippen molar-refractivity contribution in [2.75, 3.05) is 20.7 Å². The smallest absolute Gasteiger partial charge is 0.180 e. The van der Waals surface area contributed by atoms with Gasteiger partial charge in [-0.25, -0.2) is 0 Å². The number of Topliss-reactive ketones (excluding diaryl/α,β-unsaturated/α-hetero) is 1. The standard InChI is InChI=1S/C11H14BrNO3/c1-6-4-7(8(14)5-13-2)11(16-3)9(12)10(6)15/h4,13,15H,5H2,1-3H3. The van der Waals surface area contributed by atoms with Gasteiger partial charge in [0.05, 0.1) is 19.2 Å². The van der Waals surface area contributed by atoms with E-state index < -0.39 is 0 Å². The lowest BCUT2D eigenvalue weighted by Gasteiger charge is -2.12. The molecule has 0 spiro atoms. The van der Waals surface area contributed by atoms with E-state index in [1.165, 1.54) is 7.11 Å². The highest BCUT2D eigenvalue weighted by molar-refractivity contribution is 9.10. The van der Waals surface area contributed by atoms with E-state index in [2.05, 4.69) is 21.2 Å². The molecular weight excluding hydrogens is 274 g/mol. The molecule has 1 aromatic rings. The second kappa shape index (κ2) is 5.32. The molecule has 0 aliphatic carbocycles. The van der Waals surface area contributed by atoms with Crippen LogP contribution in [0, 0.1) is 6.92 Å². The van der Waals surface area contributed by atoms with Gasteiger partial charge in [0, 0.05) is 0 Å². The van der Waals surface area contributed by atoms with Gasteiger partial charge in [-0.3, -0.25) is 4.79 Å². The molecule has 2 N–H and O–H groups in total. The topological polar surface area (TPSA) is 58.6 Å². The first-order valence-corrected chi connectivity index (χ1v) is 5.56. The average Bonchev–Trinajstić information content (AvgIpc) is 2.26. The number of carbonyl (C=O) groups excluding carboxylic acids is 1. The number of ketones is 1. The number of aromatic hydroxyl groups is 1. The van der Waals surface area contributed by atoms with Crippen LogP contribution in [0.5, 0.6) is 11.5 Å². The number of ether oxygens (including phenoxy) is 1. The van der Waals surface area contributed by atoms with E-state index in [1.807, 2.05) is 0 Å². The molecule has 0 fully saturated rings. The molecule has 0 unspecified atom stereocenters. The van der Waals surface area contributed by atoms with E-state index >= 15 is 0 Å². The fraction of sp³-hybridized carbons (Fsp3) is 0.364. The molecule has 0 saturated heterocycles.